The Kier molecular flexibility index (Phi) is 5.67. The molecule has 2 aliphatic heterocycles. The number of hydrogen-bond donors (Lipinski definition) is 2. The summed E-state index contributed by atoms with van der Waals surface area (Å²) in [5, 5.41) is 6.73. The van der Waals surface area contributed by atoms with Crippen LogP contribution < -0.4 is 10.6 Å². The van der Waals surface area contributed by atoms with Gasteiger partial charge in [0.05, 0.1) is 6.04 Å². The summed E-state index contributed by atoms with van der Waals surface area (Å²) in [4.78, 5) is 15.0. The summed E-state index contributed by atoms with van der Waals surface area (Å²) in [6.07, 6.45) is 6.03. The lowest BCUT2D eigenvalue weighted by Crippen LogP contribution is -2.55. The molecule has 3 unspecified atom stereocenters. The zero-order chi connectivity index (χ0) is 15.5. The molecule has 0 bridgehead atoms. The molecule has 21 heavy (non-hydrogen) atoms. The van der Waals surface area contributed by atoms with Crippen LogP contribution in [0.2, 0.25) is 0 Å². The summed E-state index contributed by atoms with van der Waals surface area (Å²) >= 11 is 0. The van der Waals surface area contributed by atoms with Crippen molar-refractivity contribution in [3.63, 3.8) is 0 Å². The van der Waals surface area contributed by atoms with Gasteiger partial charge in [0.25, 0.3) is 0 Å². The van der Waals surface area contributed by atoms with E-state index in [4.69, 9.17) is 0 Å². The zero-order valence-corrected chi connectivity index (χ0v) is 14.2. The number of amides is 1. The van der Waals surface area contributed by atoms with Gasteiger partial charge < -0.3 is 10.6 Å². The second kappa shape index (κ2) is 7.10. The Balaban J connectivity index is 1.96. The summed E-state index contributed by atoms with van der Waals surface area (Å²) in [6.45, 7) is 11.8. The average Bonchev–Trinajstić information content (AvgIpc) is 2.96. The van der Waals surface area contributed by atoms with Gasteiger partial charge in [0.2, 0.25) is 5.91 Å². The predicted molar refractivity (Wildman–Crippen MR) is 87.3 cm³/mol. The van der Waals surface area contributed by atoms with Gasteiger partial charge in [-0.1, -0.05) is 6.92 Å². The maximum absolute atomic E-state index is 12.6. The molecule has 2 saturated heterocycles. The van der Waals surface area contributed by atoms with Crippen LogP contribution in [0.15, 0.2) is 0 Å². The van der Waals surface area contributed by atoms with E-state index in [1.807, 2.05) is 0 Å². The predicted octanol–water partition coefficient (Wildman–Crippen LogP) is 2.14. The van der Waals surface area contributed by atoms with E-state index in [0.29, 0.717) is 6.04 Å². The number of rotatable bonds is 5. The normalized spacial score (nSPS) is 29.3. The van der Waals surface area contributed by atoms with Crippen LogP contribution in [0.3, 0.4) is 0 Å². The first kappa shape index (κ1) is 16.8. The number of likely N-dealkylation sites (tertiary alicyclic amines) is 1. The third-order valence-corrected chi connectivity index (χ3v) is 5.44. The molecule has 2 fully saturated rings. The van der Waals surface area contributed by atoms with E-state index in [0.717, 1.165) is 32.0 Å². The van der Waals surface area contributed by atoms with Gasteiger partial charge in [-0.2, -0.15) is 0 Å². The fourth-order valence-electron chi connectivity index (χ4n) is 3.69. The van der Waals surface area contributed by atoms with Gasteiger partial charge in [-0.15, -0.1) is 0 Å². The van der Waals surface area contributed by atoms with Gasteiger partial charge in [-0.25, -0.2) is 0 Å². The lowest BCUT2D eigenvalue weighted by molar-refractivity contribution is -0.128. The molecule has 1 amide bonds. The van der Waals surface area contributed by atoms with Crippen LogP contribution in [0, 0.1) is 5.92 Å². The summed E-state index contributed by atoms with van der Waals surface area (Å²) < 4.78 is 0. The highest BCUT2D eigenvalue weighted by Gasteiger charge is 2.37. The Bertz CT molecular complexity index is 350. The van der Waals surface area contributed by atoms with E-state index in [1.54, 1.807) is 0 Å². The van der Waals surface area contributed by atoms with E-state index in [-0.39, 0.29) is 17.5 Å². The van der Waals surface area contributed by atoms with Crippen LogP contribution in [-0.4, -0.2) is 48.1 Å². The second-order valence-corrected chi connectivity index (χ2v) is 7.46. The van der Waals surface area contributed by atoms with E-state index in [1.165, 1.54) is 25.7 Å². The summed E-state index contributed by atoms with van der Waals surface area (Å²) in [7, 11) is 0. The summed E-state index contributed by atoms with van der Waals surface area (Å²) in [5.74, 6) is 0.910. The molecule has 0 aromatic carbocycles. The smallest absolute Gasteiger partial charge is 0.237 e. The molecule has 0 saturated carbocycles. The Labute approximate surface area is 130 Å². The third kappa shape index (κ3) is 4.19. The molecule has 4 nitrogen and oxygen atoms in total. The van der Waals surface area contributed by atoms with Gasteiger partial charge in [-0.3, -0.25) is 9.69 Å². The minimum Gasteiger partial charge on any atom is -0.350 e. The fraction of sp³-hybridized carbons (Fsp3) is 0.941. The minimum absolute atomic E-state index is 0.00903. The van der Waals surface area contributed by atoms with Crippen LogP contribution in [0.25, 0.3) is 0 Å². The molecule has 0 aliphatic carbocycles. The highest BCUT2D eigenvalue weighted by atomic mass is 16.2. The quantitative estimate of drug-likeness (QED) is 0.817. The van der Waals surface area contributed by atoms with Gasteiger partial charge in [0.15, 0.2) is 0 Å². The monoisotopic (exact) mass is 295 g/mol. The lowest BCUT2D eigenvalue weighted by Gasteiger charge is -2.38. The first-order valence-corrected chi connectivity index (χ1v) is 8.73. The largest absolute Gasteiger partial charge is 0.350 e. The van der Waals surface area contributed by atoms with E-state index in [2.05, 4.69) is 43.2 Å². The molecule has 2 heterocycles. The molecule has 2 aliphatic rings. The van der Waals surface area contributed by atoms with Crippen molar-refractivity contribution < 1.29 is 4.79 Å². The molecule has 122 valence electrons. The van der Waals surface area contributed by atoms with Crippen molar-refractivity contribution in [1.82, 2.24) is 15.5 Å². The van der Waals surface area contributed by atoms with Crippen molar-refractivity contribution in [3.05, 3.63) is 0 Å². The molecule has 2 N–H and O–H groups in total. The topological polar surface area (TPSA) is 44.4 Å². The second-order valence-electron chi connectivity index (χ2n) is 7.46. The Morgan fingerprint density at radius 3 is 2.76 bits per heavy atom. The first-order chi connectivity index (χ1) is 9.94. The molecule has 4 heteroatoms. The van der Waals surface area contributed by atoms with Crippen molar-refractivity contribution in [2.24, 2.45) is 5.92 Å². The third-order valence-electron chi connectivity index (χ3n) is 5.44. The number of carbonyl (C=O) groups is 1. The Morgan fingerprint density at radius 2 is 2.14 bits per heavy atom. The Morgan fingerprint density at radius 1 is 1.38 bits per heavy atom. The van der Waals surface area contributed by atoms with Crippen LogP contribution in [-0.2, 0) is 4.79 Å². The molecule has 0 aromatic heterocycles. The van der Waals surface area contributed by atoms with Crippen LogP contribution in [0.1, 0.15) is 59.8 Å². The number of nitrogens with zero attached hydrogens (tertiary/aromatic N) is 1. The van der Waals surface area contributed by atoms with Crippen molar-refractivity contribution in [1.29, 1.82) is 0 Å². The maximum Gasteiger partial charge on any atom is 0.237 e. The first-order valence-electron chi connectivity index (χ1n) is 8.73. The standard InChI is InChI=1S/C17H33N3O/c1-5-17(3,4)19-16(21)13(2)20-11-7-9-15(20)14-8-6-10-18-12-14/h13-15,18H,5-12H2,1-4H3,(H,19,21). The van der Waals surface area contributed by atoms with E-state index in [9.17, 15) is 4.79 Å². The van der Waals surface area contributed by atoms with Crippen molar-refractivity contribution in [3.8, 4) is 0 Å². The summed E-state index contributed by atoms with van der Waals surface area (Å²) in [6, 6.07) is 0.577. The number of hydrogen-bond acceptors (Lipinski definition) is 3. The number of nitrogens with one attached hydrogen (secondary N) is 2. The SMILES string of the molecule is CCC(C)(C)NC(=O)C(C)N1CCCC1C1CCCNC1. The summed E-state index contributed by atoms with van der Waals surface area (Å²) in [5.41, 5.74) is -0.104. The highest BCUT2D eigenvalue weighted by molar-refractivity contribution is 5.82. The number of piperidine rings is 1. The fourth-order valence-corrected chi connectivity index (χ4v) is 3.69. The molecular formula is C17H33N3O. The zero-order valence-electron chi connectivity index (χ0n) is 14.2. The maximum atomic E-state index is 12.6. The van der Waals surface area contributed by atoms with Crippen LogP contribution >= 0.6 is 0 Å². The molecule has 0 aromatic rings. The molecule has 0 spiro atoms. The molecule has 0 radical (unpaired) electrons. The van der Waals surface area contributed by atoms with Gasteiger partial charge in [-0.05, 0) is 78.4 Å². The molecule has 3 atom stereocenters. The van der Waals surface area contributed by atoms with Crippen LogP contribution in [0.4, 0.5) is 0 Å². The van der Waals surface area contributed by atoms with Crippen molar-refractivity contribution in [2.45, 2.75) is 77.4 Å². The molecular weight excluding hydrogens is 262 g/mol. The highest BCUT2D eigenvalue weighted by Crippen LogP contribution is 2.30. The minimum atomic E-state index is -0.104. The number of carbonyl (C=O) groups excluding carboxylic acids is 1. The van der Waals surface area contributed by atoms with Gasteiger partial charge in [0, 0.05) is 11.6 Å². The lowest BCUT2D eigenvalue weighted by atomic mass is 9.89. The van der Waals surface area contributed by atoms with Crippen molar-refractivity contribution >= 4 is 5.91 Å². The van der Waals surface area contributed by atoms with Crippen molar-refractivity contribution in [2.75, 3.05) is 19.6 Å². The Hall–Kier alpha value is -0.610. The van der Waals surface area contributed by atoms with E-state index >= 15 is 0 Å². The van der Waals surface area contributed by atoms with Gasteiger partial charge in [0.1, 0.15) is 0 Å². The van der Waals surface area contributed by atoms with Gasteiger partial charge >= 0.3 is 0 Å². The van der Waals surface area contributed by atoms with E-state index < -0.39 is 0 Å². The average molecular weight is 295 g/mol. The molecule has 2 rings (SSSR count). The van der Waals surface area contributed by atoms with Crippen LogP contribution in [0.5, 0.6) is 0 Å².